The molecular formula is C15H33N3O. The molecular weight excluding hydrogens is 238 g/mol. The highest BCUT2D eigenvalue weighted by atomic mass is 16.1. The summed E-state index contributed by atoms with van der Waals surface area (Å²) in [4.78, 5) is 11.6. The van der Waals surface area contributed by atoms with Gasteiger partial charge >= 0.3 is 0 Å². The molecule has 0 atom stereocenters. The first-order chi connectivity index (χ1) is 8.65. The van der Waals surface area contributed by atoms with Gasteiger partial charge in [-0.1, -0.05) is 6.92 Å². The third-order valence-corrected chi connectivity index (χ3v) is 3.03. The maximum absolute atomic E-state index is 11.6. The van der Waals surface area contributed by atoms with Gasteiger partial charge in [0.05, 0.1) is 0 Å². The Morgan fingerprint density at radius 2 is 1.58 bits per heavy atom. The summed E-state index contributed by atoms with van der Waals surface area (Å²) in [5, 5.41) is 9.52. The van der Waals surface area contributed by atoms with Gasteiger partial charge in [0.25, 0.3) is 0 Å². The van der Waals surface area contributed by atoms with Crippen LogP contribution in [0.4, 0.5) is 0 Å². The van der Waals surface area contributed by atoms with Crippen LogP contribution in [0.1, 0.15) is 60.3 Å². The third-order valence-electron chi connectivity index (χ3n) is 3.03. The molecule has 3 N–H and O–H groups in total. The van der Waals surface area contributed by atoms with Crippen molar-refractivity contribution in [3.05, 3.63) is 0 Å². The van der Waals surface area contributed by atoms with Gasteiger partial charge in [-0.15, -0.1) is 0 Å². The van der Waals surface area contributed by atoms with Crippen LogP contribution in [0, 0.1) is 0 Å². The number of hydrogen-bond acceptors (Lipinski definition) is 3. The Labute approximate surface area is 119 Å². The minimum Gasteiger partial charge on any atom is -0.353 e. The summed E-state index contributed by atoms with van der Waals surface area (Å²) in [7, 11) is 3.75. The second kappa shape index (κ2) is 7.85. The van der Waals surface area contributed by atoms with Crippen LogP contribution < -0.4 is 16.0 Å². The quantitative estimate of drug-likeness (QED) is 0.736. The molecule has 19 heavy (non-hydrogen) atoms. The fraction of sp³-hybridized carbons (Fsp3) is 0.933. The Morgan fingerprint density at radius 1 is 1.16 bits per heavy atom. The molecule has 0 unspecified atom stereocenters. The van der Waals surface area contributed by atoms with Crippen molar-refractivity contribution in [3.8, 4) is 0 Å². The number of amides is 1. The summed E-state index contributed by atoms with van der Waals surface area (Å²) in [6, 6.07) is 0.310. The van der Waals surface area contributed by atoms with Crippen molar-refractivity contribution in [1.29, 1.82) is 0 Å². The molecule has 0 aromatic rings. The Kier molecular flexibility index (Phi) is 7.60. The third kappa shape index (κ3) is 8.22. The summed E-state index contributed by atoms with van der Waals surface area (Å²) in [5.41, 5.74) is 0.206. The lowest BCUT2D eigenvalue weighted by Gasteiger charge is -2.46. The van der Waals surface area contributed by atoms with Gasteiger partial charge < -0.3 is 16.0 Å². The van der Waals surface area contributed by atoms with Gasteiger partial charge in [0, 0.05) is 23.5 Å². The lowest BCUT2D eigenvalue weighted by atomic mass is 9.79. The van der Waals surface area contributed by atoms with Gasteiger partial charge in [0.1, 0.15) is 0 Å². The molecule has 0 radical (unpaired) electrons. The molecule has 4 nitrogen and oxygen atoms in total. The lowest BCUT2D eigenvalue weighted by Crippen LogP contribution is -2.62. The van der Waals surface area contributed by atoms with E-state index in [1.54, 1.807) is 0 Å². The number of carbonyl (C=O) groups is 1. The first-order valence-electron chi connectivity index (χ1n) is 7.33. The van der Waals surface area contributed by atoms with E-state index in [2.05, 4.69) is 43.6 Å². The van der Waals surface area contributed by atoms with Crippen LogP contribution in [0.5, 0.6) is 0 Å². The van der Waals surface area contributed by atoms with Gasteiger partial charge in [-0.05, 0) is 61.1 Å². The zero-order valence-corrected chi connectivity index (χ0v) is 13.8. The van der Waals surface area contributed by atoms with Crippen molar-refractivity contribution in [2.24, 2.45) is 0 Å². The van der Waals surface area contributed by atoms with E-state index in [1.165, 1.54) is 0 Å². The number of hydrogen-bond donors (Lipinski definition) is 3. The number of rotatable bonds is 3. The van der Waals surface area contributed by atoms with E-state index in [-0.39, 0.29) is 17.0 Å². The molecule has 0 aromatic carbocycles. The standard InChI is InChI=1S/C13H26N2O.C2H7N/c1-6-7-11(16)14-10-8-12(2,3)15-13(4,5)9-10;1-3-2/h10,15H,6-9H2,1-5H3,(H,14,16);3H,1-2H3. The van der Waals surface area contributed by atoms with Crippen molar-refractivity contribution in [1.82, 2.24) is 16.0 Å². The predicted octanol–water partition coefficient (Wildman–Crippen LogP) is 2.05. The van der Waals surface area contributed by atoms with Crippen molar-refractivity contribution < 1.29 is 4.79 Å². The van der Waals surface area contributed by atoms with Gasteiger partial charge in [0.2, 0.25) is 5.91 Å². The molecule has 1 saturated heterocycles. The second-order valence-corrected chi connectivity index (χ2v) is 6.82. The van der Waals surface area contributed by atoms with E-state index in [1.807, 2.05) is 21.0 Å². The average Bonchev–Trinajstić information content (AvgIpc) is 2.12. The zero-order chi connectivity index (χ0) is 15.1. The molecule has 1 aliphatic heterocycles. The van der Waals surface area contributed by atoms with E-state index in [4.69, 9.17) is 0 Å². The normalized spacial score (nSPS) is 21.2. The summed E-state index contributed by atoms with van der Waals surface area (Å²) in [5.74, 6) is 0.195. The van der Waals surface area contributed by atoms with E-state index in [0.29, 0.717) is 12.5 Å². The zero-order valence-electron chi connectivity index (χ0n) is 13.8. The molecule has 1 heterocycles. The molecule has 114 valence electrons. The first-order valence-corrected chi connectivity index (χ1v) is 7.33. The van der Waals surface area contributed by atoms with Crippen molar-refractivity contribution in [2.75, 3.05) is 14.1 Å². The molecule has 0 saturated carbocycles. The van der Waals surface area contributed by atoms with Gasteiger partial charge in [-0.25, -0.2) is 0 Å². The smallest absolute Gasteiger partial charge is 0.220 e. The Hall–Kier alpha value is -0.610. The second-order valence-electron chi connectivity index (χ2n) is 6.82. The average molecular weight is 271 g/mol. The number of carbonyl (C=O) groups excluding carboxylic acids is 1. The van der Waals surface area contributed by atoms with E-state index in [0.717, 1.165) is 19.3 Å². The highest BCUT2D eigenvalue weighted by Crippen LogP contribution is 2.28. The molecule has 1 rings (SSSR count). The highest BCUT2D eigenvalue weighted by Gasteiger charge is 2.37. The van der Waals surface area contributed by atoms with E-state index < -0.39 is 0 Å². The molecule has 0 aromatic heterocycles. The maximum atomic E-state index is 11.6. The van der Waals surface area contributed by atoms with Crippen molar-refractivity contribution in [2.45, 2.75) is 77.4 Å². The number of nitrogens with one attached hydrogen (secondary N) is 3. The lowest BCUT2D eigenvalue weighted by molar-refractivity contribution is -0.122. The van der Waals surface area contributed by atoms with Crippen LogP contribution in [0.15, 0.2) is 0 Å². The number of piperidine rings is 1. The van der Waals surface area contributed by atoms with E-state index in [9.17, 15) is 4.79 Å². The van der Waals surface area contributed by atoms with Crippen LogP contribution in [0.2, 0.25) is 0 Å². The first kappa shape index (κ1) is 18.4. The highest BCUT2D eigenvalue weighted by molar-refractivity contribution is 5.76. The Balaban J connectivity index is 0.000000982. The summed E-state index contributed by atoms with van der Waals surface area (Å²) in [6.07, 6.45) is 3.58. The monoisotopic (exact) mass is 271 g/mol. The Morgan fingerprint density at radius 3 is 1.95 bits per heavy atom. The van der Waals surface area contributed by atoms with Crippen LogP contribution in [-0.4, -0.2) is 37.1 Å². The van der Waals surface area contributed by atoms with E-state index >= 15 is 0 Å². The molecule has 0 spiro atoms. The van der Waals surface area contributed by atoms with Crippen LogP contribution in [0.3, 0.4) is 0 Å². The maximum Gasteiger partial charge on any atom is 0.220 e. The van der Waals surface area contributed by atoms with Gasteiger partial charge in [0.15, 0.2) is 0 Å². The molecule has 1 amide bonds. The molecule has 1 aliphatic rings. The SMILES string of the molecule is CCCC(=O)NC1CC(C)(C)NC(C)(C)C1.CNC. The van der Waals surface area contributed by atoms with Crippen LogP contribution >= 0.6 is 0 Å². The van der Waals surface area contributed by atoms with Gasteiger partial charge in [-0.3, -0.25) is 4.79 Å². The topological polar surface area (TPSA) is 53.2 Å². The fourth-order valence-corrected chi connectivity index (χ4v) is 2.95. The molecule has 4 heteroatoms. The predicted molar refractivity (Wildman–Crippen MR) is 82.4 cm³/mol. The summed E-state index contributed by atoms with van der Waals surface area (Å²) in [6.45, 7) is 10.8. The minimum absolute atomic E-state index is 0.103. The summed E-state index contributed by atoms with van der Waals surface area (Å²) >= 11 is 0. The minimum atomic E-state index is 0.103. The molecule has 0 aliphatic carbocycles. The fourth-order valence-electron chi connectivity index (χ4n) is 2.95. The van der Waals surface area contributed by atoms with Crippen LogP contribution in [0.25, 0.3) is 0 Å². The summed E-state index contributed by atoms with van der Waals surface area (Å²) < 4.78 is 0. The Bertz CT molecular complexity index is 259. The van der Waals surface area contributed by atoms with Crippen molar-refractivity contribution >= 4 is 5.91 Å². The molecule has 1 fully saturated rings. The molecule has 0 bridgehead atoms. The van der Waals surface area contributed by atoms with Crippen LogP contribution in [-0.2, 0) is 4.79 Å². The van der Waals surface area contributed by atoms with Gasteiger partial charge in [-0.2, -0.15) is 0 Å². The largest absolute Gasteiger partial charge is 0.353 e. The van der Waals surface area contributed by atoms with Crippen molar-refractivity contribution in [3.63, 3.8) is 0 Å².